The first kappa shape index (κ1) is 9.67. The molecule has 3 rings (SSSR count). The Balaban J connectivity index is 2.51. The van der Waals surface area contributed by atoms with Crippen molar-refractivity contribution in [2.75, 3.05) is 0 Å². The van der Waals surface area contributed by atoms with Gasteiger partial charge in [-0.25, -0.2) is 0 Å². The molecule has 1 aromatic carbocycles. The summed E-state index contributed by atoms with van der Waals surface area (Å²) in [4.78, 5) is 7.75. The third-order valence-corrected chi connectivity index (χ3v) is 3.27. The lowest BCUT2D eigenvalue weighted by Crippen LogP contribution is -1.83. The zero-order valence-electron chi connectivity index (χ0n) is 8.92. The number of benzene rings is 1. The topological polar surface area (TPSA) is 28.7 Å². The highest BCUT2D eigenvalue weighted by Gasteiger charge is 2.08. The van der Waals surface area contributed by atoms with E-state index in [4.69, 9.17) is 11.6 Å². The molecule has 0 saturated heterocycles. The lowest BCUT2D eigenvalue weighted by molar-refractivity contribution is 1.15. The van der Waals surface area contributed by atoms with Gasteiger partial charge in [0.15, 0.2) is 0 Å². The number of H-pyrrole nitrogens is 1. The van der Waals surface area contributed by atoms with E-state index in [1.165, 1.54) is 10.9 Å². The van der Waals surface area contributed by atoms with Gasteiger partial charge in [-0.2, -0.15) is 0 Å². The lowest BCUT2D eigenvalue weighted by Gasteiger charge is -2.01. The van der Waals surface area contributed by atoms with Gasteiger partial charge >= 0.3 is 0 Å². The van der Waals surface area contributed by atoms with Crippen molar-refractivity contribution >= 4 is 33.4 Å². The van der Waals surface area contributed by atoms with E-state index in [0.29, 0.717) is 5.02 Å². The molecule has 16 heavy (non-hydrogen) atoms. The van der Waals surface area contributed by atoms with Crippen molar-refractivity contribution in [2.45, 2.75) is 13.3 Å². The van der Waals surface area contributed by atoms with E-state index in [-0.39, 0.29) is 0 Å². The fourth-order valence-corrected chi connectivity index (χ4v) is 2.34. The standard InChI is InChI=1S/C13H11ClN2/c1-2-8-6-15-12-9-4-3-5-11(14)13(9)16-7-10(8)12/h3-7,15H,2H2,1H3. The number of nitrogens with zero attached hydrogens (tertiary/aromatic N) is 1. The minimum Gasteiger partial charge on any atom is -0.360 e. The maximum absolute atomic E-state index is 6.12. The Labute approximate surface area is 98.3 Å². The Morgan fingerprint density at radius 1 is 1.31 bits per heavy atom. The molecule has 1 N–H and O–H groups in total. The number of aromatic nitrogens is 2. The molecule has 0 saturated carbocycles. The van der Waals surface area contributed by atoms with E-state index in [2.05, 4.69) is 16.9 Å². The van der Waals surface area contributed by atoms with Crippen LogP contribution in [0.4, 0.5) is 0 Å². The second-order valence-corrected chi connectivity index (χ2v) is 4.26. The summed E-state index contributed by atoms with van der Waals surface area (Å²) in [6, 6.07) is 5.87. The number of rotatable bonds is 1. The molecule has 0 amide bonds. The maximum atomic E-state index is 6.12. The first-order chi connectivity index (χ1) is 7.81. The fourth-order valence-electron chi connectivity index (χ4n) is 2.12. The van der Waals surface area contributed by atoms with Crippen LogP contribution in [-0.2, 0) is 6.42 Å². The SMILES string of the molecule is CCc1c[nH]c2c1cnc1c(Cl)cccc12. The van der Waals surface area contributed by atoms with Gasteiger partial charge in [-0.1, -0.05) is 30.7 Å². The van der Waals surface area contributed by atoms with Crippen LogP contribution in [0.5, 0.6) is 0 Å². The monoisotopic (exact) mass is 230 g/mol. The van der Waals surface area contributed by atoms with Crippen molar-refractivity contribution in [2.24, 2.45) is 0 Å². The largest absolute Gasteiger partial charge is 0.360 e. The number of aromatic amines is 1. The van der Waals surface area contributed by atoms with Gasteiger partial charge in [0.1, 0.15) is 0 Å². The summed E-state index contributed by atoms with van der Waals surface area (Å²) in [5, 5.41) is 2.98. The van der Waals surface area contributed by atoms with Gasteiger partial charge in [0.05, 0.1) is 16.1 Å². The number of hydrogen-bond acceptors (Lipinski definition) is 1. The lowest BCUT2D eigenvalue weighted by atomic mass is 10.1. The van der Waals surface area contributed by atoms with Crippen molar-refractivity contribution in [1.29, 1.82) is 0 Å². The normalized spacial score (nSPS) is 11.4. The molecule has 80 valence electrons. The number of nitrogens with one attached hydrogen (secondary N) is 1. The van der Waals surface area contributed by atoms with Crippen LogP contribution < -0.4 is 0 Å². The number of pyridine rings is 1. The van der Waals surface area contributed by atoms with Crippen LogP contribution in [0.3, 0.4) is 0 Å². The van der Waals surface area contributed by atoms with Crippen LogP contribution in [-0.4, -0.2) is 9.97 Å². The summed E-state index contributed by atoms with van der Waals surface area (Å²) in [6.45, 7) is 2.14. The second-order valence-electron chi connectivity index (χ2n) is 3.85. The van der Waals surface area contributed by atoms with Crippen molar-refractivity contribution in [1.82, 2.24) is 9.97 Å². The molecule has 0 atom stereocenters. The van der Waals surface area contributed by atoms with E-state index in [1.54, 1.807) is 0 Å². The van der Waals surface area contributed by atoms with E-state index >= 15 is 0 Å². The van der Waals surface area contributed by atoms with E-state index in [1.807, 2.05) is 30.6 Å². The van der Waals surface area contributed by atoms with Crippen LogP contribution >= 0.6 is 11.6 Å². The van der Waals surface area contributed by atoms with Crippen LogP contribution in [0, 0.1) is 0 Å². The smallest absolute Gasteiger partial charge is 0.0909 e. The van der Waals surface area contributed by atoms with Gasteiger partial charge in [-0.3, -0.25) is 4.98 Å². The molecule has 0 radical (unpaired) electrons. The molecular weight excluding hydrogens is 220 g/mol. The van der Waals surface area contributed by atoms with Gasteiger partial charge in [0.2, 0.25) is 0 Å². The fraction of sp³-hybridized carbons (Fsp3) is 0.154. The predicted octanol–water partition coefficient (Wildman–Crippen LogP) is 3.93. The highest BCUT2D eigenvalue weighted by Crippen LogP contribution is 2.29. The summed E-state index contributed by atoms with van der Waals surface area (Å²) in [5.41, 5.74) is 3.29. The van der Waals surface area contributed by atoms with E-state index in [0.717, 1.165) is 22.8 Å². The second kappa shape index (κ2) is 3.49. The molecule has 0 unspecified atom stereocenters. The zero-order valence-corrected chi connectivity index (χ0v) is 9.67. The van der Waals surface area contributed by atoms with Gasteiger partial charge in [-0.15, -0.1) is 0 Å². The van der Waals surface area contributed by atoms with Crippen LogP contribution in [0.2, 0.25) is 5.02 Å². The zero-order chi connectivity index (χ0) is 11.1. The van der Waals surface area contributed by atoms with Gasteiger partial charge in [0, 0.05) is 23.2 Å². The molecule has 0 aliphatic rings. The van der Waals surface area contributed by atoms with Crippen LogP contribution in [0.25, 0.3) is 21.8 Å². The molecule has 2 nitrogen and oxygen atoms in total. The molecule has 3 heteroatoms. The van der Waals surface area contributed by atoms with Crippen LogP contribution in [0.15, 0.2) is 30.6 Å². The first-order valence-corrected chi connectivity index (χ1v) is 5.72. The summed E-state index contributed by atoms with van der Waals surface area (Å²) in [6.07, 6.45) is 4.96. The number of para-hydroxylation sites is 1. The Morgan fingerprint density at radius 3 is 3.00 bits per heavy atom. The summed E-state index contributed by atoms with van der Waals surface area (Å²) >= 11 is 6.12. The molecule has 0 bridgehead atoms. The van der Waals surface area contributed by atoms with Crippen LogP contribution in [0.1, 0.15) is 12.5 Å². The Bertz CT molecular complexity index is 670. The number of halogens is 1. The van der Waals surface area contributed by atoms with Gasteiger partial charge in [-0.05, 0) is 18.1 Å². The Kier molecular flexibility index (Phi) is 2.11. The molecule has 2 aromatic heterocycles. The average molecular weight is 231 g/mol. The third-order valence-electron chi connectivity index (χ3n) is 2.97. The van der Waals surface area contributed by atoms with Crippen molar-refractivity contribution in [3.8, 4) is 0 Å². The molecule has 0 spiro atoms. The summed E-state index contributed by atoms with van der Waals surface area (Å²) in [5.74, 6) is 0. The van der Waals surface area contributed by atoms with E-state index < -0.39 is 0 Å². The molecule has 0 aliphatic carbocycles. The van der Waals surface area contributed by atoms with E-state index in [9.17, 15) is 0 Å². The maximum Gasteiger partial charge on any atom is 0.0909 e. The van der Waals surface area contributed by atoms with Gasteiger partial charge < -0.3 is 4.98 Å². The molecule has 0 aliphatic heterocycles. The number of hydrogen-bond donors (Lipinski definition) is 1. The molecule has 2 heterocycles. The number of aryl methyl sites for hydroxylation is 1. The quantitative estimate of drug-likeness (QED) is 0.674. The highest BCUT2D eigenvalue weighted by molar-refractivity contribution is 6.35. The molecule has 3 aromatic rings. The number of fused-ring (bicyclic) bond motifs is 3. The first-order valence-electron chi connectivity index (χ1n) is 5.34. The van der Waals surface area contributed by atoms with Crippen molar-refractivity contribution in [3.05, 3.63) is 41.2 Å². The third kappa shape index (κ3) is 1.23. The highest BCUT2D eigenvalue weighted by atomic mass is 35.5. The average Bonchev–Trinajstić information content (AvgIpc) is 2.72. The van der Waals surface area contributed by atoms with Gasteiger partial charge in [0.25, 0.3) is 0 Å². The Morgan fingerprint density at radius 2 is 2.19 bits per heavy atom. The minimum atomic E-state index is 0.701. The summed E-state index contributed by atoms with van der Waals surface area (Å²) < 4.78 is 0. The minimum absolute atomic E-state index is 0.701. The van der Waals surface area contributed by atoms with Crippen molar-refractivity contribution in [3.63, 3.8) is 0 Å². The summed E-state index contributed by atoms with van der Waals surface area (Å²) in [7, 11) is 0. The van der Waals surface area contributed by atoms with Crippen molar-refractivity contribution < 1.29 is 0 Å². The predicted molar refractivity (Wildman–Crippen MR) is 68.0 cm³/mol. The Hall–Kier alpha value is -1.54. The molecular formula is C13H11ClN2. The molecule has 0 fully saturated rings.